The van der Waals surface area contributed by atoms with Crippen molar-refractivity contribution in [2.75, 3.05) is 6.54 Å². The first kappa shape index (κ1) is 14.4. The first-order valence-corrected chi connectivity index (χ1v) is 5.77. The van der Waals surface area contributed by atoms with Gasteiger partial charge in [-0.15, -0.1) is 0 Å². The molecule has 0 radical (unpaired) electrons. The molecule has 0 fully saturated rings. The topological polar surface area (TPSA) is 64.3 Å². The van der Waals surface area contributed by atoms with Gasteiger partial charge in [0.2, 0.25) is 0 Å². The highest BCUT2D eigenvalue weighted by molar-refractivity contribution is 5.68. The number of hydrogen-bond acceptors (Lipinski definition) is 3. The maximum atomic E-state index is 13.6. The van der Waals surface area contributed by atoms with Crippen LogP contribution in [-0.4, -0.2) is 18.2 Å². The van der Waals surface area contributed by atoms with Crippen LogP contribution in [0.3, 0.4) is 0 Å². The van der Waals surface area contributed by atoms with Crippen molar-refractivity contribution in [3.8, 4) is 0 Å². The minimum atomic E-state index is -0.610. The second-order valence-electron chi connectivity index (χ2n) is 4.96. The molecule has 1 rings (SSSR count). The summed E-state index contributed by atoms with van der Waals surface area (Å²) >= 11 is 0. The number of carbonyl (C=O) groups is 1. The van der Waals surface area contributed by atoms with Crippen LogP contribution in [0.1, 0.15) is 32.4 Å². The summed E-state index contributed by atoms with van der Waals surface area (Å²) in [6, 6.07) is 5.59. The zero-order chi connectivity index (χ0) is 13.8. The third-order valence-corrected chi connectivity index (χ3v) is 2.21. The standard InChI is InChI=1S/C13H19FN2O2/c1-13(2,3)18-12(17)16-11(8-15)9-6-4-5-7-10(9)14/h4-7,11H,8,15H2,1-3H3,(H,16,17). The number of nitrogens with two attached hydrogens (primary N) is 1. The molecule has 18 heavy (non-hydrogen) atoms. The lowest BCUT2D eigenvalue weighted by Crippen LogP contribution is -2.38. The Morgan fingerprint density at radius 2 is 2.06 bits per heavy atom. The van der Waals surface area contributed by atoms with Crippen LogP contribution < -0.4 is 11.1 Å². The van der Waals surface area contributed by atoms with E-state index in [0.29, 0.717) is 5.56 Å². The van der Waals surface area contributed by atoms with E-state index in [2.05, 4.69) is 5.32 Å². The summed E-state index contributed by atoms with van der Waals surface area (Å²) in [5.74, 6) is -0.399. The Balaban J connectivity index is 2.74. The minimum absolute atomic E-state index is 0.0974. The summed E-state index contributed by atoms with van der Waals surface area (Å²) in [6.45, 7) is 5.37. The Labute approximate surface area is 106 Å². The van der Waals surface area contributed by atoms with Gasteiger partial charge in [-0.2, -0.15) is 0 Å². The van der Waals surface area contributed by atoms with E-state index < -0.39 is 23.6 Å². The van der Waals surface area contributed by atoms with E-state index in [-0.39, 0.29) is 6.54 Å². The van der Waals surface area contributed by atoms with Crippen molar-refractivity contribution in [2.45, 2.75) is 32.4 Å². The maximum Gasteiger partial charge on any atom is 0.408 e. The molecule has 0 saturated heterocycles. The SMILES string of the molecule is CC(C)(C)OC(=O)NC(CN)c1ccccc1F. The molecule has 1 aromatic carbocycles. The molecule has 4 nitrogen and oxygen atoms in total. The molecule has 1 aromatic rings. The highest BCUT2D eigenvalue weighted by Crippen LogP contribution is 2.16. The minimum Gasteiger partial charge on any atom is -0.444 e. The van der Waals surface area contributed by atoms with Gasteiger partial charge in [-0.05, 0) is 26.8 Å². The van der Waals surface area contributed by atoms with Crippen molar-refractivity contribution in [3.05, 3.63) is 35.6 Å². The van der Waals surface area contributed by atoms with Gasteiger partial charge in [0.25, 0.3) is 0 Å². The van der Waals surface area contributed by atoms with Gasteiger partial charge in [-0.25, -0.2) is 9.18 Å². The second kappa shape index (κ2) is 5.82. The summed E-state index contributed by atoms with van der Waals surface area (Å²) < 4.78 is 18.7. The van der Waals surface area contributed by atoms with Gasteiger partial charge in [-0.3, -0.25) is 0 Å². The van der Waals surface area contributed by atoms with Crippen LogP contribution in [0.4, 0.5) is 9.18 Å². The molecule has 1 amide bonds. The maximum absolute atomic E-state index is 13.6. The number of rotatable bonds is 3. The Bertz CT molecular complexity index is 416. The van der Waals surface area contributed by atoms with Crippen molar-refractivity contribution >= 4 is 6.09 Å². The van der Waals surface area contributed by atoms with E-state index in [9.17, 15) is 9.18 Å². The number of ether oxygens (including phenoxy) is 1. The first-order valence-electron chi connectivity index (χ1n) is 5.77. The second-order valence-corrected chi connectivity index (χ2v) is 4.96. The summed E-state index contributed by atoms with van der Waals surface area (Å²) in [5, 5.41) is 2.55. The molecule has 3 N–H and O–H groups in total. The number of alkyl carbamates (subject to hydrolysis) is 1. The Morgan fingerprint density at radius 1 is 1.44 bits per heavy atom. The van der Waals surface area contributed by atoms with E-state index >= 15 is 0 Å². The fraction of sp³-hybridized carbons (Fsp3) is 0.462. The fourth-order valence-corrected chi connectivity index (χ4v) is 1.47. The molecule has 0 spiro atoms. The van der Waals surface area contributed by atoms with Gasteiger partial charge in [0.1, 0.15) is 11.4 Å². The van der Waals surface area contributed by atoms with Crippen LogP contribution in [0.15, 0.2) is 24.3 Å². The molecule has 0 aliphatic heterocycles. The zero-order valence-electron chi connectivity index (χ0n) is 10.9. The first-order chi connectivity index (χ1) is 8.33. The molecule has 0 heterocycles. The largest absolute Gasteiger partial charge is 0.444 e. The normalized spacial score (nSPS) is 12.9. The Morgan fingerprint density at radius 3 is 2.56 bits per heavy atom. The molecular formula is C13H19FN2O2. The molecule has 0 saturated carbocycles. The van der Waals surface area contributed by atoms with Crippen LogP contribution >= 0.6 is 0 Å². The summed E-state index contributed by atoms with van der Waals surface area (Å²) in [7, 11) is 0. The summed E-state index contributed by atoms with van der Waals surface area (Å²) in [4.78, 5) is 11.6. The van der Waals surface area contributed by atoms with Gasteiger partial charge in [0.15, 0.2) is 0 Å². The van der Waals surface area contributed by atoms with Crippen molar-refractivity contribution in [2.24, 2.45) is 5.73 Å². The zero-order valence-corrected chi connectivity index (χ0v) is 10.9. The van der Waals surface area contributed by atoms with Gasteiger partial charge < -0.3 is 15.8 Å². The lowest BCUT2D eigenvalue weighted by Gasteiger charge is -2.23. The number of benzene rings is 1. The Kier molecular flexibility index (Phi) is 4.67. The van der Waals surface area contributed by atoms with E-state index in [1.807, 2.05) is 0 Å². The molecular weight excluding hydrogens is 235 g/mol. The highest BCUT2D eigenvalue weighted by Gasteiger charge is 2.21. The number of hydrogen-bond donors (Lipinski definition) is 2. The molecule has 5 heteroatoms. The van der Waals surface area contributed by atoms with Crippen LogP contribution in [0.25, 0.3) is 0 Å². The number of carbonyl (C=O) groups excluding carboxylic acids is 1. The number of amides is 1. The van der Waals surface area contributed by atoms with Gasteiger partial charge in [0.05, 0.1) is 6.04 Å². The number of halogens is 1. The van der Waals surface area contributed by atoms with Gasteiger partial charge in [0, 0.05) is 12.1 Å². The predicted octanol–water partition coefficient (Wildman–Crippen LogP) is 2.35. The average Bonchev–Trinajstić information content (AvgIpc) is 2.24. The monoisotopic (exact) mass is 254 g/mol. The van der Waals surface area contributed by atoms with E-state index in [0.717, 1.165) is 0 Å². The van der Waals surface area contributed by atoms with Crippen molar-refractivity contribution in [3.63, 3.8) is 0 Å². The highest BCUT2D eigenvalue weighted by atomic mass is 19.1. The molecule has 1 atom stereocenters. The number of nitrogens with one attached hydrogen (secondary N) is 1. The van der Waals surface area contributed by atoms with E-state index in [1.165, 1.54) is 6.07 Å². The molecule has 100 valence electrons. The van der Waals surface area contributed by atoms with E-state index in [4.69, 9.17) is 10.5 Å². The van der Waals surface area contributed by atoms with E-state index in [1.54, 1.807) is 39.0 Å². The third kappa shape index (κ3) is 4.33. The van der Waals surface area contributed by atoms with Crippen LogP contribution in [0.5, 0.6) is 0 Å². The summed E-state index contributed by atoms with van der Waals surface area (Å²) in [5.41, 5.74) is 5.30. The van der Waals surface area contributed by atoms with Crippen LogP contribution in [-0.2, 0) is 4.74 Å². The lowest BCUT2D eigenvalue weighted by atomic mass is 10.1. The fourth-order valence-electron chi connectivity index (χ4n) is 1.47. The smallest absolute Gasteiger partial charge is 0.408 e. The lowest BCUT2D eigenvalue weighted by molar-refractivity contribution is 0.0504. The van der Waals surface area contributed by atoms with Gasteiger partial charge >= 0.3 is 6.09 Å². The quantitative estimate of drug-likeness (QED) is 0.870. The van der Waals surface area contributed by atoms with Crippen molar-refractivity contribution < 1.29 is 13.9 Å². The van der Waals surface area contributed by atoms with Crippen LogP contribution in [0, 0.1) is 5.82 Å². The molecule has 0 aliphatic rings. The molecule has 0 aliphatic carbocycles. The molecule has 1 unspecified atom stereocenters. The average molecular weight is 254 g/mol. The summed E-state index contributed by atoms with van der Waals surface area (Å²) in [6.07, 6.45) is -0.610. The van der Waals surface area contributed by atoms with Gasteiger partial charge in [-0.1, -0.05) is 18.2 Å². The molecule has 0 aromatic heterocycles. The van der Waals surface area contributed by atoms with Crippen molar-refractivity contribution in [1.82, 2.24) is 5.32 Å². The Hall–Kier alpha value is -1.62. The van der Waals surface area contributed by atoms with Crippen molar-refractivity contribution in [1.29, 1.82) is 0 Å². The third-order valence-electron chi connectivity index (χ3n) is 2.21. The molecule has 0 bridgehead atoms. The van der Waals surface area contributed by atoms with Crippen LogP contribution in [0.2, 0.25) is 0 Å². The predicted molar refractivity (Wildman–Crippen MR) is 67.6 cm³/mol.